The number of likely N-dealkylation sites (N-methyl/N-ethyl adjacent to an activating group) is 2. The number of methoxy groups -OCH3 is 3. The van der Waals surface area contributed by atoms with Crippen molar-refractivity contribution in [2.45, 2.75) is 128 Å². The second-order valence-corrected chi connectivity index (χ2v) is 16.1. The molecule has 2 heterocycles. The molecule has 0 radical (unpaired) electrons. The maximum atomic E-state index is 14.3. The molecule has 0 aromatic heterocycles. The van der Waals surface area contributed by atoms with Crippen LogP contribution < -0.4 is 16.4 Å². The SMILES string of the molecule is CC[C@H](C)[C@@H]([C@@H](CC(=O)N1CCC[C@H]1[C@H](OC)[C@@H](C)C(=O)N[C@H](Cc1ccc(N)cc1)C(=O)OC)OC)N(C)C(=O)[C@@H](NC(=O)[C@@]1(C)CCCN1C)C(C)C. The van der Waals surface area contributed by atoms with Gasteiger partial charge in [-0.15, -0.1) is 0 Å². The van der Waals surface area contributed by atoms with E-state index < -0.39 is 59.7 Å². The van der Waals surface area contributed by atoms with Gasteiger partial charge in [0.15, 0.2) is 0 Å². The van der Waals surface area contributed by atoms with Crippen LogP contribution in [0.2, 0.25) is 0 Å². The van der Waals surface area contributed by atoms with Crippen LogP contribution in [0.4, 0.5) is 5.69 Å². The van der Waals surface area contributed by atoms with Gasteiger partial charge in [0.1, 0.15) is 12.1 Å². The molecule has 2 fully saturated rings. The van der Waals surface area contributed by atoms with Crippen LogP contribution in [0.5, 0.6) is 0 Å². The number of hydrogen-bond donors (Lipinski definition) is 3. The van der Waals surface area contributed by atoms with E-state index in [9.17, 15) is 24.0 Å². The Hall–Kier alpha value is -3.75. The van der Waals surface area contributed by atoms with Crippen molar-refractivity contribution in [1.82, 2.24) is 25.3 Å². The number of likely N-dealkylation sites (tertiary alicyclic amines) is 2. The Kier molecular flexibility index (Phi) is 16.9. The molecular formula is C41H68N6O8. The van der Waals surface area contributed by atoms with Gasteiger partial charge in [-0.1, -0.05) is 53.2 Å². The zero-order valence-electron chi connectivity index (χ0n) is 35.1. The lowest BCUT2D eigenvalue weighted by molar-refractivity contribution is -0.149. The minimum atomic E-state index is -0.933. The number of nitrogens with one attached hydrogen (secondary N) is 2. The highest BCUT2D eigenvalue weighted by Gasteiger charge is 2.45. The summed E-state index contributed by atoms with van der Waals surface area (Å²) in [7, 11) is 8.02. The van der Waals surface area contributed by atoms with Crippen LogP contribution in [-0.4, -0.2) is 135 Å². The predicted octanol–water partition coefficient (Wildman–Crippen LogP) is 3.01. The Morgan fingerprint density at radius 3 is 2.16 bits per heavy atom. The van der Waals surface area contributed by atoms with E-state index in [1.807, 2.05) is 46.6 Å². The van der Waals surface area contributed by atoms with E-state index in [0.29, 0.717) is 18.7 Å². The number of esters is 1. The van der Waals surface area contributed by atoms with Gasteiger partial charge in [0.05, 0.1) is 49.3 Å². The lowest BCUT2D eigenvalue weighted by Gasteiger charge is -2.41. The molecule has 310 valence electrons. The van der Waals surface area contributed by atoms with Gasteiger partial charge in [-0.25, -0.2) is 4.79 Å². The molecule has 14 nitrogen and oxygen atoms in total. The number of benzene rings is 1. The van der Waals surface area contributed by atoms with Gasteiger partial charge in [-0.05, 0) is 75.7 Å². The number of hydrogen-bond acceptors (Lipinski definition) is 10. The van der Waals surface area contributed by atoms with E-state index in [0.717, 1.165) is 37.8 Å². The highest BCUT2D eigenvalue weighted by Crippen LogP contribution is 2.31. The summed E-state index contributed by atoms with van der Waals surface area (Å²) >= 11 is 0. The smallest absolute Gasteiger partial charge is 0.328 e. The average molecular weight is 773 g/mol. The van der Waals surface area contributed by atoms with Crippen molar-refractivity contribution in [2.75, 3.05) is 54.2 Å². The van der Waals surface area contributed by atoms with Crippen molar-refractivity contribution in [2.24, 2.45) is 17.8 Å². The van der Waals surface area contributed by atoms with Gasteiger partial charge in [0, 0.05) is 39.9 Å². The third-order valence-electron chi connectivity index (χ3n) is 12.2. The molecular weight excluding hydrogens is 704 g/mol. The topological polar surface area (TPSA) is 173 Å². The Bertz CT molecular complexity index is 1460. The van der Waals surface area contributed by atoms with Crippen LogP contribution in [0.3, 0.4) is 0 Å². The molecule has 0 saturated carbocycles. The number of nitrogens with zero attached hydrogens (tertiary/aromatic N) is 3. The summed E-state index contributed by atoms with van der Waals surface area (Å²) in [6.45, 7) is 12.9. The predicted molar refractivity (Wildman–Crippen MR) is 212 cm³/mol. The van der Waals surface area contributed by atoms with Crippen LogP contribution in [0.1, 0.15) is 85.6 Å². The highest BCUT2D eigenvalue weighted by molar-refractivity contribution is 5.92. The number of nitrogen functional groups attached to an aromatic ring is 1. The number of rotatable bonds is 19. The summed E-state index contributed by atoms with van der Waals surface area (Å²) in [6, 6.07) is 4.50. The Morgan fingerprint density at radius 1 is 0.982 bits per heavy atom. The monoisotopic (exact) mass is 773 g/mol. The fourth-order valence-electron chi connectivity index (χ4n) is 8.25. The fourth-order valence-corrected chi connectivity index (χ4v) is 8.25. The molecule has 0 unspecified atom stereocenters. The van der Waals surface area contributed by atoms with E-state index >= 15 is 0 Å². The van der Waals surface area contributed by atoms with Crippen molar-refractivity contribution in [1.29, 1.82) is 0 Å². The molecule has 0 bridgehead atoms. The maximum Gasteiger partial charge on any atom is 0.328 e. The molecule has 0 aliphatic carbocycles. The largest absolute Gasteiger partial charge is 0.467 e. The van der Waals surface area contributed by atoms with E-state index in [4.69, 9.17) is 19.9 Å². The van der Waals surface area contributed by atoms with Crippen molar-refractivity contribution in [3.8, 4) is 0 Å². The molecule has 2 saturated heterocycles. The summed E-state index contributed by atoms with van der Waals surface area (Å²) in [5.74, 6) is -2.46. The number of carbonyl (C=O) groups excluding carboxylic acids is 5. The third-order valence-corrected chi connectivity index (χ3v) is 12.2. The summed E-state index contributed by atoms with van der Waals surface area (Å²) in [5, 5.41) is 5.92. The number of ether oxygens (including phenoxy) is 3. The Morgan fingerprint density at radius 2 is 1.64 bits per heavy atom. The number of nitrogens with two attached hydrogens (primary N) is 1. The van der Waals surface area contributed by atoms with Crippen LogP contribution in [0.15, 0.2) is 24.3 Å². The summed E-state index contributed by atoms with van der Waals surface area (Å²) < 4.78 is 17.0. The van der Waals surface area contributed by atoms with Crippen LogP contribution in [-0.2, 0) is 44.6 Å². The second-order valence-electron chi connectivity index (χ2n) is 16.1. The van der Waals surface area contributed by atoms with Gasteiger partial charge in [-0.3, -0.25) is 24.1 Å². The van der Waals surface area contributed by atoms with Gasteiger partial charge >= 0.3 is 5.97 Å². The molecule has 14 heteroatoms. The molecule has 1 aromatic carbocycles. The van der Waals surface area contributed by atoms with Gasteiger partial charge in [0.2, 0.25) is 23.6 Å². The number of amides is 4. The first-order valence-electron chi connectivity index (χ1n) is 19.8. The van der Waals surface area contributed by atoms with E-state index in [2.05, 4.69) is 10.6 Å². The Balaban J connectivity index is 1.77. The van der Waals surface area contributed by atoms with Gasteiger partial charge in [0.25, 0.3) is 0 Å². The van der Waals surface area contributed by atoms with Gasteiger partial charge < -0.3 is 40.4 Å². The first kappa shape index (κ1) is 45.6. The normalized spacial score (nSPS) is 22.6. The molecule has 2 aliphatic rings. The van der Waals surface area contributed by atoms with Crippen molar-refractivity contribution in [3.05, 3.63) is 29.8 Å². The van der Waals surface area contributed by atoms with Crippen LogP contribution in [0, 0.1) is 17.8 Å². The average Bonchev–Trinajstić information content (AvgIpc) is 3.79. The first-order valence-corrected chi connectivity index (χ1v) is 19.8. The second kappa shape index (κ2) is 20.4. The molecule has 1 aromatic rings. The zero-order chi connectivity index (χ0) is 41.2. The molecule has 55 heavy (non-hydrogen) atoms. The first-order chi connectivity index (χ1) is 25.9. The van der Waals surface area contributed by atoms with Crippen LogP contribution in [0.25, 0.3) is 0 Å². The molecule has 4 amide bonds. The molecule has 2 aliphatic heterocycles. The number of carbonyl (C=O) groups is 5. The molecule has 4 N–H and O–H groups in total. The quantitative estimate of drug-likeness (QED) is 0.140. The molecule has 9 atom stereocenters. The lowest BCUT2D eigenvalue weighted by Crippen LogP contribution is -2.61. The minimum absolute atomic E-state index is 0.00418. The summed E-state index contributed by atoms with van der Waals surface area (Å²) in [4.78, 5) is 74.0. The Labute approximate surface area is 328 Å². The zero-order valence-corrected chi connectivity index (χ0v) is 35.1. The summed E-state index contributed by atoms with van der Waals surface area (Å²) in [5.41, 5.74) is 6.53. The van der Waals surface area contributed by atoms with Crippen LogP contribution >= 0.6 is 0 Å². The summed E-state index contributed by atoms with van der Waals surface area (Å²) in [6.07, 6.45) is 2.63. The third kappa shape index (κ3) is 11.0. The standard InChI is InChI=1S/C41H68N6O8/c1-12-26(4)35(46(8)38(50)34(25(2)3)44-40(52)41(6)20-14-21-45(41)7)32(53-9)24-33(48)47-22-13-15-31(47)36(54-10)27(5)37(49)43-30(39(51)55-11)23-28-16-18-29(42)19-17-28/h16-19,25-27,30-32,34-36H,12-15,20-24,42H2,1-11H3,(H,43,49)(H,44,52)/t26-,27+,30+,31-,32+,34-,35-,36+,41+/m0/s1. The lowest BCUT2D eigenvalue weighted by atomic mass is 9.89. The van der Waals surface area contributed by atoms with E-state index in [1.165, 1.54) is 14.2 Å². The maximum absolute atomic E-state index is 14.3. The van der Waals surface area contributed by atoms with Crippen molar-refractivity contribution >= 4 is 35.3 Å². The van der Waals surface area contributed by atoms with Crippen molar-refractivity contribution < 1.29 is 38.2 Å². The highest BCUT2D eigenvalue weighted by atomic mass is 16.5. The van der Waals surface area contributed by atoms with E-state index in [-0.39, 0.29) is 42.4 Å². The molecule has 3 rings (SSSR count). The fraction of sp³-hybridized carbons (Fsp3) is 0.732. The van der Waals surface area contributed by atoms with Crippen molar-refractivity contribution in [3.63, 3.8) is 0 Å². The number of anilines is 1. The van der Waals surface area contributed by atoms with Gasteiger partial charge in [-0.2, -0.15) is 0 Å². The molecule has 0 spiro atoms. The minimum Gasteiger partial charge on any atom is -0.467 e. The van der Waals surface area contributed by atoms with E-state index in [1.54, 1.807) is 55.1 Å².